The average molecular weight is 564 g/mol. The van der Waals surface area contributed by atoms with Crippen LogP contribution in [0.25, 0.3) is 16.8 Å². The van der Waals surface area contributed by atoms with Crippen LogP contribution in [0.2, 0.25) is 0 Å². The second kappa shape index (κ2) is 9.06. The molecule has 3 atom stereocenters. The number of nitrogens with zero attached hydrogens (tertiary/aromatic N) is 7. The van der Waals surface area contributed by atoms with E-state index in [9.17, 15) is 18.3 Å². The first-order valence-electron chi connectivity index (χ1n) is 13.5. The number of nitrogen functional groups attached to an aromatic ring is 1. The molecule has 4 N–H and O–H groups in total. The Labute approximate surface area is 230 Å². The van der Waals surface area contributed by atoms with Crippen molar-refractivity contribution in [1.82, 2.24) is 39.7 Å². The molecule has 1 saturated carbocycles. The number of fused-ring (bicyclic) bond motifs is 3. The van der Waals surface area contributed by atoms with Gasteiger partial charge >= 0.3 is 0 Å². The molecule has 208 valence electrons. The van der Waals surface area contributed by atoms with Gasteiger partial charge in [0.25, 0.3) is 5.91 Å². The highest BCUT2D eigenvalue weighted by Crippen LogP contribution is 2.45. The lowest BCUT2D eigenvalue weighted by Gasteiger charge is -2.38. The van der Waals surface area contributed by atoms with Crippen LogP contribution >= 0.6 is 0 Å². The van der Waals surface area contributed by atoms with Crippen molar-refractivity contribution in [3.05, 3.63) is 47.6 Å². The number of amides is 1. The molecule has 2 aliphatic heterocycles. The van der Waals surface area contributed by atoms with E-state index < -0.39 is 16.3 Å². The highest BCUT2D eigenvalue weighted by molar-refractivity contribution is 7.72. The standard InChI is InChI=1S/C26H29N9O4S/c1-13-30-23(33-32-13)25(36)34-16-4-5-17(34)10-15(9-16)20-21(40(38)39)22(27)35-24(31-20)18(12-29-35)14-3-6-19(28-11-14)26(37)7-2-8-26/h3,6,11-12,15-17,37,40H,2,4-5,7-10,27H2,1H3,(H,30,32,33)/t15-,16-,17+. The number of rotatable bonds is 5. The van der Waals surface area contributed by atoms with Crippen LogP contribution in [0.5, 0.6) is 0 Å². The van der Waals surface area contributed by atoms with Crippen LogP contribution in [0.3, 0.4) is 0 Å². The lowest BCUT2D eigenvalue weighted by atomic mass is 9.77. The minimum Gasteiger partial charge on any atom is -0.384 e. The van der Waals surface area contributed by atoms with Crippen LogP contribution in [0.15, 0.2) is 29.4 Å². The van der Waals surface area contributed by atoms with Crippen molar-refractivity contribution in [3.8, 4) is 11.1 Å². The number of aromatic amines is 1. The predicted octanol–water partition coefficient (Wildman–Crippen LogP) is 1.69. The predicted molar refractivity (Wildman–Crippen MR) is 143 cm³/mol. The molecular weight excluding hydrogens is 534 g/mol. The minimum atomic E-state index is -3.05. The molecular formula is C26H29N9O4S. The highest BCUT2D eigenvalue weighted by Gasteiger charge is 2.46. The molecule has 4 aromatic heterocycles. The molecule has 1 aliphatic carbocycles. The molecule has 3 fully saturated rings. The summed E-state index contributed by atoms with van der Waals surface area (Å²) in [5.74, 6) is 0.406. The lowest BCUT2D eigenvalue weighted by molar-refractivity contribution is -0.0426. The Morgan fingerprint density at radius 1 is 1.15 bits per heavy atom. The second-order valence-electron chi connectivity index (χ2n) is 11.1. The molecule has 4 aromatic rings. The van der Waals surface area contributed by atoms with Crippen molar-refractivity contribution in [3.63, 3.8) is 0 Å². The zero-order valence-electron chi connectivity index (χ0n) is 21.8. The Morgan fingerprint density at radius 3 is 2.48 bits per heavy atom. The molecule has 0 spiro atoms. The molecule has 13 nitrogen and oxygen atoms in total. The van der Waals surface area contributed by atoms with Gasteiger partial charge in [-0.05, 0) is 57.9 Å². The zero-order chi connectivity index (χ0) is 27.8. The normalized spacial score (nSPS) is 23.6. The molecule has 40 heavy (non-hydrogen) atoms. The Morgan fingerprint density at radius 2 is 1.90 bits per heavy atom. The van der Waals surface area contributed by atoms with Crippen LogP contribution in [0.4, 0.5) is 5.82 Å². The summed E-state index contributed by atoms with van der Waals surface area (Å²) in [6.45, 7) is 1.75. The van der Waals surface area contributed by atoms with Crippen molar-refractivity contribution in [1.29, 1.82) is 0 Å². The van der Waals surface area contributed by atoms with E-state index in [1.54, 1.807) is 19.3 Å². The SMILES string of the molecule is Cc1nnc(C(=O)N2[C@@H]3CC[C@H]2C[C@H](c2nc4c(-c5ccc(C6(O)CCC6)nc5)cnn4c(N)c2[SH](=O)=O)C3)[nH]1. The van der Waals surface area contributed by atoms with Gasteiger partial charge in [0.05, 0.1) is 17.6 Å². The fourth-order valence-electron chi connectivity index (χ4n) is 6.59. The minimum absolute atomic E-state index is 0.0127. The van der Waals surface area contributed by atoms with E-state index in [-0.39, 0.29) is 40.4 Å². The summed E-state index contributed by atoms with van der Waals surface area (Å²) in [5, 5.41) is 22.9. The van der Waals surface area contributed by atoms with Crippen molar-refractivity contribution in [2.45, 2.75) is 80.4 Å². The van der Waals surface area contributed by atoms with Gasteiger partial charge in [0.1, 0.15) is 22.1 Å². The number of aromatic nitrogens is 7. The number of piperidine rings is 1. The first-order chi connectivity index (χ1) is 19.2. The summed E-state index contributed by atoms with van der Waals surface area (Å²) in [6, 6.07) is 3.53. The van der Waals surface area contributed by atoms with Crippen LogP contribution < -0.4 is 5.73 Å². The van der Waals surface area contributed by atoms with E-state index in [2.05, 4.69) is 25.3 Å². The molecule has 7 rings (SSSR count). The fourth-order valence-corrected chi connectivity index (χ4v) is 7.29. The number of nitrogens with two attached hydrogens (primary N) is 1. The first kappa shape index (κ1) is 25.1. The average Bonchev–Trinajstić information content (AvgIpc) is 3.62. The van der Waals surface area contributed by atoms with E-state index in [0.717, 1.165) is 24.8 Å². The van der Waals surface area contributed by atoms with E-state index in [1.807, 2.05) is 17.0 Å². The number of thiol groups is 1. The lowest BCUT2D eigenvalue weighted by Crippen LogP contribution is -2.46. The number of hydrogen-bond acceptors (Lipinski definition) is 10. The quantitative estimate of drug-likeness (QED) is 0.260. The monoisotopic (exact) mass is 563 g/mol. The van der Waals surface area contributed by atoms with Gasteiger partial charge < -0.3 is 20.7 Å². The Bertz CT molecular complexity index is 1700. The molecule has 0 unspecified atom stereocenters. The third kappa shape index (κ3) is 3.80. The summed E-state index contributed by atoms with van der Waals surface area (Å²) in [5.41, 5.74) is 8.43. The van der Waals surface area contributed by atoms with Gasteiger partial charge in [-0.25, -0.2) is 13.4 Å². The Hall–Kier alpha value is -3.91. The summed E-state index contributed by atoms with van der Waals surface area (Å²) < 4.78 is 26.3. The number of pyridine rings is 1. The number of nitrogens with one attached hydrogen (secondary N) is 1. The number of aliphatic hydroxyl groups is 1. The molecule has 6 heterocycles. The maximum atomic E-state index is 13.2. The van der Waals surface area contributed by atoms with Crippen LogP contribution in [-0.2, 0) is 16.3 Å². The number of carbonyl (C=O) groups is 1. The van der Waals surface area contributed by atoms with E-state index in [4.69, 9.17) is 10.7 Å². The maximum Gasteiger partial charge on any atom is 0.292 e. The smallest absolute Gasteiger partial charge is 0.292 e. The van der Waals surface area contributed by atoms with Gasteiger partial charge in [0.2, 0.25) is 5.82 Å². The summed E-state index contributed by atoms with van der Waals surface area (Å²) in [4.78, 5) is 27.4. The van der Waals surface area contributed by atoms with Gasteiger partial charge in [0, 0.05) is 35.3 Å². The van der Waals surface area contributed by atoms with E-state index in [1.165, 1.54) is 4.52 Å². The van der Waals surface area contributed by atoms with Gasteiger partial charge in [-0.3, -0.25) is 9.78 Å². The highest BCUT2D eigenvalue weighted by atomic mass is 32.2. The first-order valence-corrected chi connectivity index (χ1v) is 14.6. The molecule has 3 aliphatic rings. The molecule has 1 amide bonds. The molecule has 2 bridgehead atoms. The summed E-state index contributed by atoms with van der Waals surface area (Å²) in [6.07, 6.45) is 8.40. The Kier molecular flexibility index (Phi) is 5.68. The van der Waals surface area contributed by atoms with Crippen LogP contribution in [0.1, 0.15) is 78.7 Å². The fraction of sp³-hybridized carbons (Fsp3) is 0.462. The van der Waals surface area contributed by atoms with E-state index in [0.29, 0.717) is 54.1 Å². The molecule has 14 heteroatoms. The number of hydrogen-bond donors (Lipinski definition) is 4. The largest absolute Gasteiger partial charge is 0.384 e. The third-order valence-electron chi connectivity index (χ3n) is 8.75. The van der Waals surface area contributed by atoms with Crippen LogP contribution in [0, 0.1) is 6.92 Å². The zero-order valence-corrected chi connectivity index (χ0v) is 22.7. The number of anilines is 1. The van der Waals surface area contributed by atoms with Crippen molar-refractivity contribution in [2.75, 3.05) is 5.73 Å². The number of aryl methyl sites for hydroxylation is 1. The molecule has 0 radical (unpaired) electrons. The summed E-state index contributed by atoms with van der Waals surface area (Å²) >= 11 is 0. The van der Waals surface area contributed by atoms with Crippen LogP contribution in [-0.4, -0.2) is 71.2 Å². The van der Waals surface area contributed by atoms with E-state index >= 15 is 0 Å². The van der Waals surface area contributed by atoms with Crippen molar-refractivity contribution < 1.29 is 18.3 Å². The van der Waals surface area contributed by atoms with Crippen molar-refractivity contribution >= 4 is 28.1 Å². The van der Waals surface area contributed by atoms with Crippen molar-refractivity contribution in [2.24, 2.45) is 0 Å². The second-order valence-corrected chi connectivity index (χ2v) is 12.1. The van der Waals surface area contributed by atoms with Gasteiger partial charge in [0.15, 0.2) is 16.4 Å². The van der Waals surface area contributed by atoms with Gasteiger partial charge in [-0.15, -0.1) is 10.2 Å². The summed E-state index contributed by atoms with van der Waals surface area (Å²) in [7, 11) is -3.05. The van der Waals surface area contributed by atoms with Gasteiger partial charge in [-0.1, -0.05) is 6.07 Å². The Balaban J connectivity index is 1.25. The number of H-pyrrole nitrogens is 1. The molecule has 2 saturated heterocycles. The topological polar surface area (TPSA) is 185 Å². The van der Waals surface area contributed by atoms with Gasteiger partial charge in [-0.2, -0.15) is 9.61 Å². The third-order valence-corrected chi connectivity index (χ3v) is 9.58. The number of carbonyl (C=O) groups excluding carboxylic acids is 1. The molecule has 0 aromatic carbocycles. The maximum absolute atomic E-state index is 13.2.